The average molecular weight is 412 g/mol. The van der Waals surface area contributed by atoms with Gasteiger partial charge in [-0.25, -0.2) is 4.39 Å². The van der Waals surface area contributed by atoms with Crippen LogP contribution in [0.2, 0.25) is 0 Å². The van der Waals surface area contributed by atoms with Crippen molar-refractivity contribution < 1.29 is 14.0 Å². The van der Waals surface area contributed by atoms with Gasteiger partial charge in [-0.3, -0.25) is 14.5 Å². The fourth-order valence-corrected chi connectivity index (χ4v) is 6.50. The van der Waals surface area contributed by atoms with Crippen molar-refractivity contribution in [2.45, 2.75) is 24.9 Å². The highest BCUT2D eigenvalue weighted by Crippen LogP contribution is 2.57. The van der Waals surface area contributed by atoms with Crippen molar-refractivity contribution in [1.82, 2.24) is 4.90 Å². The molecule has 0 unspecified atom stereocenters. The molecule has 1 N–H and O–H groups in total. The highest BCUT2D eigenvalue weighted by molar-refractivity contribution is 7.99. The zero-order valence-electron chi connectivity index (χ0n) is 16.1. The van der Waals surface area contributed by atoms with Crippen molar-refractivity contribution >= 4 is 35.0 Å². The molecule has 0 bridgehead atoms. The maximum absolute atomic E-state index is 13.8. The van der Waals surface area contributed by atoms with Gasteiger partial charge < -0.3 is 10.2 Å². The summed E-state index contributed by atoms with van der Waals surface area (Å²) < 4.78 is 13.6. The third-order valence-electron chi connectivity index (χ3n) is 6.35. The summed E-state index contributed by atoms with van der Waals surface area (Å²) in [6.45, 7) is 2.52. The van der Waals surface area contributed by atoms with E-state index in [4.69, 9.17) is 0 Å². The largest absolute Gasteiger partial charge is 0.326 e. The van der Waals surface area contributed by atoms with E-state index in [0.717, 1.165) is 22.9 Å². The van der Waals surface area contributed by atoms with Crippen molar-refractivity contribution in [3.8, 4) is 0 Å². The van der Waals surface area contributed by atoms with Crippen molar-refractivity contribution in [2.75, 3.05) is 28.4 Å². The highest BCUT2D eigenvalue weighted by atomic mass is 32.2. The molecule has 3 aliphatic heterocycles. The van der Waals surface area contributed by atoms with Crippen LogP contribution in [0.5, 0.6) is 0 Å². The van der Waals surface area contributed by atoms with Crippen LogP contribution in [0.15, 0.2) is 48.5 Å². The fourth-order valence-electron chi connectivity index (χ4n) is 5.19. The number of hydrogen-bond acceptors (Lipinski definition) is 4. The second-order valence-corrected chi connectivity index (χ2v) is 8.74. The molecule has 3 aliphatic rings. The van der Waals surface area contributed by atoms with E-state index in [0.29, 0.717) is 18.7 Å². The molecule has 29 heavy (non-hydrogen) atoms. The average Bonchev–Trinajstić information content (AvgIpc) is 3.35. The normalized spacial score (nSPS) is 28.1. The number of fused-ring (bicyclic) bond motifs is 4. The molecular weight excluding hydrogens is 389 g/mol. The number of carbonyl (C=O) groups excluding carboxylic acids is 2. The van der Waals surface area contributed by atoms with E-state index in [2.05, 4.69) is 10.2 Å². The maximum Gasteiger partial charge on any atom is 0.253 e. The van der Waals surface area contributed by atoms with Crippen LogP contribution in [-0.2, 0) is 15.1 Å². The molecule has 0 saturated carbocycles. The monoisotopic (exact) mass is 411 g/mol. The van der Waals surface area contributed by atoms with Gasteiger partial charge in [0.1, 0.15) is 11.4 Å². The maximum atomic E-state index is 13.8. The summed E-state index contributed by atoms with van der Waals surface area (Å²) in [6, 6.07) is 13.9. The minimum absolute atomic E-state index is 0.0226. The molecule has 7 heteroatoms. The molecule has 5 nitrogen and oxygen atoms in total. The zero-order chi connectivity index (χ0) is 20.2. The first-order valence-corrected chi connectivity index (χ1v) is 11.0. The first kappa shape index (κ1) is 18.6. The van der Waals surface area contributed by atoms with Gasteiger partial charge in [0.2, 0.25) is 5.91 Å². The van der Waals surface area contributed by atoms with E-state index in [1.807, 2.05) is 31.2 Å². The Morgan fingerprint density at radius 2 is 2.10 bits per heavy atom. The summed E-state index contributed by atoms with van der Waals surface area (Å²) >= 11 is 1.81. The Labute approximate surface area is 173 Å². The number of para-hydroxylation sites is 1. The molecule has 2 fully saturated rings. The van der Waals surface area contributed by atoms with E-state index in [9.17, 15) is 14.0 Å². The lowest BCUT2D eigenvalue weighted by Gasteiger charge is -2.36. The first-order chi connectivity index (χ1) is 14.1. The first-order valence-electron chi connectivity index (χ1n) is 9.89. The molecule has 2 amide bonds. The molecule has 2 aromatic rings. The summed E-state index contributed by atoms with van der Waals surface area (Å²) in [5.74, 6) is 0.461. The summed E-state index contributed by atoms with van der Waals surface area (Å²) in [5, 5.41) is 2.87. The van der Waals surface area contributed by atoms with Crippen LogP contribution in [0.3, 0.4) is 0 Å². The van der Waals surface area contributed by atoms with E-state index in [1.54, 1.807) is 28.8 Å². The predicted octanol–water partition coefficient (Wildman–Crippen LogP) is 3.42. The van der Waals surface area contributed by atoms with Crippen molar-refractivity contribution in [2.24, 2.45) is 5.92 Å². The number of carbonyl (C=O) groups is 2. The van der Waals surface area contributed by atoms with Crippen LogP contribution < -0.4 is 10.2 Å². The number of rotatable bonds is 3. The second kappa shape index (κ2) is 6.85. The van der Waals surface area contributed by atoms with Crippen molar-refractivity contribution in [3.05, 3.63) is 59.9 Å². The zero-order valence-corrected chi connectivity index (χ0v) is 16.9. The summed E-state index contributed by atoms with van der Waals surface area (Å²) in [5.41, 5.74) is 1.23. The van der Waals surface area contributed by atoms with Crippen LogP contribution in [0.4, 0.5) is 15.8 Å². The summed E-state index contributed by atoms with van der Waals surface area (Å²) in [6.07, 6.45) is 0.617. The van der Waals surface area contributed by atoms with Gasteiger partial charge in [-0.1, -0.05) is 24.3 Å². The van der Waals surface area contributed by atoms with E-state index >= 15 is 0 Å². The molecule has 1 spiro atoms. The molecule has 2 saturated heterocycles. The molecule has 0 radical (unpaired) electrons. The lowest BCUT2D eigenvalue weighted by Crippen LogP contribution is -2.55. The number of anilines is 2. The molecule has 150 valence electrons. The molecule has 3 heterocycles. The van der Waals surface area contributed by atoms with Crippen LogP contribution in [0, 0.1) is 11.7 Å². The highest BCUT2D eigenvalue weighted by Gasteiger charge is 2.67. The lowest BCUT2D eigenvalue weighted by molar-refractivity contribution is -0.136. The van der Waals surface area contributed by atoms with Gasteiger partial charge >= 0.3 is 0 Å². The Kier molecular flexibility index (Phi) is 4.40. The van der Waals surface area contributed by atoms with Gasteiger partial charge in [-0.15, -0.1) is 11.8 Å². The number of amides is 2. The summed E-state index contributed by atoms with van der Waals surface area (Å²) in [7, 11) is 0. The van der Waals surface area contributed by atoms with Gasteiger partial charge in [0, 0.05) is 41.2 Å². The van der Waals surface area contributed by atoms with Gasteiger partial charge in [-0.05, 0) is 37.6 Å². The van der Waals surface area contributed by atoms with Gasteiger partial charge in [0.15, 0.2) is 0 Å². The SMILES string of the molecule is CCN1C(=O)[C@]2(c3ccccc31)[C@H](C(=O)Nc1cccc(F)c1)C[C@@H]1CSCN12. The topological polar surface area (TPSA) is 52.7 Å². The van der Waals surface area contributed by atoms with Crippen LogP contribution in [-0.4, -0.2) is 40.9 Å². The Bertz CT molecular complexity index is 1000. The predicted molar refractivity (Wildman–Crippen MR) is 112 cm³/mol. The molecular formula is C22H22FN3O2S. The standard InChI is InChI=1S/C22H22FN3O2S/c1-2-25-19-9-4-3-8-17(19)22(21(25)28)18(11-16-12-29-13-26(16)22)20(27)24-15-7-5-6-14(23)10-15/h3-10,16,18H,2,11-13H2,1H3,(H,24,27)/t16-,18+,22+/m1/s1. The van der Waals surface area contributed by atoms with E-state index in [-0.39, 0.29) is 17.9 Å². The smallest absolute Gasteiger partial charge is 0.253 e. The third kappa shape index (κ3) is 2.57. The number of benzene rings is 2. The van der Waals surface area contributed by atoms with Crippen LogP contribution >= 0.6 is 11.8 Å². The molecule has 2 aromatic carbocycles. The Morgan fingerprint density at radius 1 is 1.28 bits per heavy atom. The Morgan fingerprint density at radius 3 is 2.90 bits per heavy atom. The summed E-state index contributed by atoms with van der Waals surface area (Å²) in [4.78, 5) is 31.3. The van der Waals surface area contributed by atoms with E-state index < -0.39 is 17.3 Å². The van der Waals surface area contributed by atoms with Crippen molar-refractivity contribution in [3.63, 3.8) is 0 Å². The molecule has 3 atom stereocenters. The second-order valence-electron chi connectivity index (χ2n) is 7.74. The Balaban J connectivity index is 1.61. The third-order valence-corrected chi connectivity index (χ3v) is 7.43. The van der Waals surface area contributed by atoms with Crippen molar-refractivity contribution in [1.29, 1.82) is 0 Å². The minimum Gasteiger partial charge on any atom is -0.326 e. The molecule has 0 aromatic heterocycles. The van der Waals surface area contributed by atoms with Gasteiger partial charge in [0.25, 0.3) is 5.91 Å². The lowest BCUT2D eigenvalue weighted by atomic mass is 9.79. The number of likely N-dealkylation sites (N-methyl/N-ethyl adjacent to an activating group) is 1. The number of nitrogens with one attached hydrogen (secondary N) is 1. The Hall–Kier alpha value is -2.38. The molecule has 0 aliphatic carbocycles. The van der Waals surface area contributed by atoms with Gasteiger partial charge in [-0.2, -0.15) is 0 Å². The minimum atomic E-state index is -0.988. The number of thioether (sulfide) groups is 1. The molecule has 5 rings (SSSR count). The van der Waals surface area contributed by atoms with Gasteiger partial charge in [0.05, 0.1) is 5.92 Å². The quantitative estimate of drug-likeness (QED) is 0.841. The fraction of sp³-hybridized carbons (Fsp3) is 0.364. The number of halogens is 1. The van der Waals surface area contributed by atoms with E-state index in [1.165, 1.54) is 12.1 Å². The van der Waals surface area contributed by atoms with Crippen LogP contribution in [0.1, 0.15) is 18.9 Å². The van der Waals surface area contributed by atoms with Crippen LogP contribution in [0.25, 0.3) is 0 Å². The number of hydrogen-bond donors (Lipinski definition) is 1. The number of nitrogens with zero attached hydrogens (tertiary/aromatic N) is 2.